The highest BCUT2D eigenvalue weighted by molar-refractivity contribution is 9.10. The molecule has 1 saturated carbocycles. The zero-order valence-electron chi connectivity index (χ0n) is 11.0. The normalized spacial score (nSPS) is 15.8. The molecule has 102 valence electrons. The monoisotopic (exact) mass is 330 g/mol. The van der Waals surface area contributed by atoms with Crippen molar-refractivity contribution in [3.8, 4) is 0 Å². The molecule has 3 heteroatoms. The van der Waals surface area contributed by atoms with Crippen LogP contribution in [0.4, 0.5) is 0 Å². The molecule has 0 heterocycles. The van der Waals surface area contributed by atoms with Crippen molar-refractivity contribution in [2.24, 2.45) is 0 Å². The number of carbonyl (C=O) groups is 1. The third-order valence-corrected chi connectivity index (χ3v) is 4.52. The van der Waals surface area contributed by atoms with E-state index in [0.29, 0.717) is 0 Å². The lowest BCUT2D eigenvalue weighted by Crippen LogP contribution is -2.19. The lowest BCUT2D eigenvalue weighted by atomic mass is 9.94. The van der Waals surface area contributed by atoms with Gasteiger partial charge in [-0.25, -0.2) is 0 Å². The Morgan fingerprint density at radius 2 is 1.50 bits per heavy atom. The molecule has 0 aliphatic heterocycles. The Labute approximate surface area is 126 Å². The van der Waals surface area contributed by atoms with E-state index in [9.17, 15) is 9.90 Å². The van der Waals surface area contributed by atoms with Crippen LogP contribution in [0.1, 0.15) is 29.5 Å². The van der Waals surface area contributed by atoms with E-state index in [1.807, 2.05) is 36.4 Å². The molecule has 1 aliphatic rings. The zero-order chi connectivity index (χ0) is 14.2. The van der Waals surface area contributed by atoms with Crippen molar-refractivity contribution >= 4 is 21.9 Å². The summed E-state index contributed by atoms with van der Waals surface area (Å²) in [5.41, 5.74) is 2.79. The first-order chi connectivity index (χ1) is 9.60. The summed E-state index contributed by atoms with van der Waals surface area (Å²) in [7, 11) is 0. The van der Waals surface area contributed by atoms with Gasteiger partial charge in [-0.05, 0) is 48.1 Å². The molecule has 0 saturated heterocycles. The highest BCUT2D eigenvalue weighted by Crippen LogP contribution is 2.48. The van der Waals surface area contributed by atoms with E-state index in [1.165, 1.54) is 11.1 Å². The van der Waals surface area contributed by atoms with Crippen molar-refractivity contribution < 1.29 is 9.90 Å². The van der Waals surface area contributed by atoms with Gasteiger partial charge in [0.15, 0.2) is 0 Å². The van der Waals surface area contributed by atoms with Crippen molar-refractivity contribution in [1.82, 2.24) is 0 Å². The van der Waals surface area contributed by atoms with Crippen molar-refractivity contribution in [2.45, 2.75) is 24.7 Å². The summed E-state index contributed by atoms with van der Waals surface area (Å²) in [5.74, 6) is -0.696. The number of halogens is 1. The smallest absolute Gasteiger partial charge is 0.314 e. The van der Waals surface area contributed by atoms with Crippen molar-refractivity contribution in [1.29, 1.82) is 0 Å². The number of hydrogen-bond donors (Lipinski definition) is 1. The largest absolute Gasteiger partial charge is 0.481 e. The highest BCUT2D eigenvalue weighted by atomic mass is 79.9. The minimum absolute atomic E-state index is 0.601. The van der Waals surface area contributed by atoms with Gasteiger partial charge >= 0.3 is 5.97 Å². The lowest BCUT2D eigenvalue weighted by Gasteiger charge is -2.11. The maximum Gasteiger partial charge on any atom is 0.314 e. The maximum atomic E-state index is 11.3. The molecule has 0 bridgehead atoms. The van der Waals surface area contributed by atoms with Gasteiger partial charge in [0.25, 0.3) is 0 Å². The third kappa shape index (κ3) is 2.50. The van der Waals surface area contributed by atoms with Gasteiger partial charge in [-0.3, -0.25) is 4.79 Å². The van der Waals surface area contributed by atoms with Gasteiger partial charge in [0.2, 0.25) is 0 Å². The van der Waals surface area contributed by atoms with Gasteiger partial charge in [0.05, 0.1) is 5.41 Å². The predicted molar refractivity (Wildman–Crippen MR) is 81.9 cm³/mol. The van der Waals surface area contributed by atoms with Crippen molar-refractivity contribution in [2.75, 3.05) is 0 Å². The summed E-state index contributed by atoms with van der Waals surface area (Å²) in [6.07, 6.45) is 2.39. The van der Waals surface area contributed by atoms with E-state index in [-0.39, 0.29) is 0 Å². The average molecular weight is 331 g/mol. The summed E-state index contributed by atoms with van der Waals surface area (Å²) in [4.78, 5) is 11.3. The molecule has 1 aliphatic carbocycles. The molecule has 0 spiro atoms. The molecule has 20 heavy (non-hydrogen) atoms. The van der Waals surface area contributed by atoms with Gasteiger partial charge in [0, 0.05) is 4.47 Å². The quantitative estimate of drug-likeness (QED) is 0.914. The van der Waals surface area contributed by atoms with Gasteiger partial charge in [0.1, 0.15) is 0 Å². The van der Waals surface area contributed by atoms with Crippen LogP contribution in [0.2, 0.25) is 0 Å². The third-order valence-electron chi connectivity index (χ3n) is 3.99. The Balaban J connectivity index is 1.77. The SMILES string of the molecule is O=C(O)C1(c2ccc(Cc3ccc(Br)cc3)cc2)CC1. The number of benzene rings is 2. The summed E-state index contributed by atoms with van der Waals surface area (Å²) < 4.78 is 1.08. The number of carboxylic acid groups (broad SMARTS) is 1. The van der Waals surface area contributed by atoms with Crippen LogP contribution in [0.25, 0.3) is 0 Å². The van der Waals surface area contributed by atoms with Crippen LogP contribution in [-0.4, -0.2) is 11.1 Å². The topological polar surface area (TPSA) is 37.3 Å². The Bertz CT molecular complexity index is 625. The second-order valence-electron chi connectivity index (χ2n) is 5.39. The van der Waals surface area contributed by atoms with Gasteiger partial charge in [-0.15, -0.1) is 0 Å². The summed E-state index contributed by atoms with van der Waals surface area (Å²) >= 11 is 3.43. The Morgan fingerprint density at radius 3 is 1.95 bits per heavy atom. The number of rotatable bonds is 4. The van der Waals surface area contributed by atoms with E-state index < -0.39 is 11.4 Å². The predicted octanol–water partition coefficient (Wildman–Crippen LogP) is 4.16. The van der Waals surface area contributed by atoms with Crippen LogP contribution in [0.3, 0.4) is 0 Å². The van der Waals surface area contributed by atoms with E-state index in [4.69, 9.17) is 0 Å². The molecule has 0 radical (unpaired) electrons. The van der Waals surface area contributed by atoms with Crippen LogP contribution in [0.15, 0.2) is 53.0 Å². The standard InChI is InChI=1S/C17H15BrO2/c18-15-7-3-13(4-8-15)11-12-1-5-14(6-2-12)17(9-10-17)16(19)20/h1-8H,9-11H2,(H,19,20). The second-order valence-corrected chi connectivity index (χ2v) is 6.30. The Kier molecular flexibility index (Phi) is 3.38. The minimum atomic E-state index is -0.696. The fraction of sp³-hybridized carbons (Fsp3) is 0.235. The summed E-state index contributed by atoms with van der Waals surface area (Å²) in [5, 5.41) is 9.28. The van der Waals surface area contributed by atoms with Crippen LogP contribution in [-0.2, 0) is 16.6 Å². The van der Waals surface area contributed by atoms with Crippen molar-refractivity contribution in [3.63, 3.8) is 0 Å². The molecule has 2 nitrogen and oxygen atoms in total. The molecule has 1 N–H and O–H groups in total. The number of aliphatic carboxylic acids is 1. The number of hydrogen-bond acceptors (Lipinski definition) is 1. The first kappa shape index (κ1) is 13.4. The minimum Gasteiger partial charge on any atom is -0.481 e. The fourth-order valence-electron chi connectivity index (χ4n) is 2.53. The van der Waals surface area contributed by atoms with Crippen LogP contribution in [0, 0.1) is 0 Å². The average Bonchev–Trinajstić information content (AvgIpc) is 3.24. The lowest BCUT2D eigenvalue weighted by molar-refractivity contribution is -0.140. The molecule has 0 atom stereocenters. The maximum absolute atomic E-state index is 11.3. The second kappa shape index (κ2) is 5.06. The zero-order valence-corrected chi connectivity index (χ0v) is 12.6. The van der Waals surface area contributed by atoms with Crippen LogP contribution in [0.5, 0.6) is 0 Å². The first-order valence-corrected chi connectivity index (χ1v) is 7.47. The molecule has 2 aromatic carbocycles. The molecule has 1 fully saturated rings. The van der Waals surface area contributed by atoms with Crippen molar-refractivity contribution in [3.05, 3.63) is 69.7 Å². The molecule has 0 amide bonds. The van der Waals surface area contributed by atoms with E-state index >= 15 is 0 Å². The van der Waals surface area contributed by atoms with E-state index in [2.05, 4.69) is 28.1 Å². The van der Waals surface area contributed by atoms with Gasteiger partial charge in [-0.2, -0.15) is 0 Å². The molecule has 2 aromatic rings. The molecular formula is C17H15BrO2. The fourth-order valence-corrected chi connectivity index (χ4v) is 2.79. The highest BCUT2D eigenvalue weighted by Gasteiger charge is 2.51. The Morgan fingerprint density at radius 1 is 1.00 bits per heavy atom. The summed E-state index contributed by atoms with van der Waals surface area (Å²) in [6, 6.07) is 16.3. The van der Waals surface area contributed by atoms with E-state index in [0.717, 1.165) is 29.3 Å². The molecule has 0 aromatic heterocycles. The van der Waals surface area contributed by atoms with Gasteiger partial charge in [-0.1, -0.05) is 52.3 Å². The van der Waals surface area contributed by atoms with Crippen LogP contribution < -0.4 is 0 Å². The summed E-state index contributed by atoms with van der Waals surface area (Å²) in [6.45, 7) is 0. The number of carboxylic acids is 1. The first-order valence-electron chi connectivity index (χ1n) is 6.67. The molecule has 0 unspecified atom stereocenters. The van der Waals surface area contributed by atoms with Gasteiger partial charge < -0.3 is 5.11 Å². The molecular weight excluding hydrogens is 316 g/mol. The van der Waals surface area contributed by atoms with Crippen LogP contribution >= 0.6 is 15.9 Å². The Hall–Kier alpha value is -1.61. The molecule has 3 rings (SSSR count). The van der Waals surface area contributed by atoms with E-state index in [1.54, 1.807) is 0 Å².